The third-order valence-corrected chi connectivity index (χ3v) is 9.42. The van der Waals surface area contributed by atoms with Crippen LogP contribution < -0.4 is 0 Å². The highest BCUT2D eigenvalue weighted by Gasteiger charge is 2.60. The van der Waals surface area contributed by atoms with Crippen LogP contribution >= 0.6 is 0 Å². The van der Waals surface area contributed by atoms with E-state index in [-0.39, 0.29) is 6.04 Å². The van der Waals surface area contributed by atoms with Crippen LogP contribution in [-0.4, -0.2) is 12.2 Å². The van der Waals surface area contributed by atoms with Gasteiger partial charge >= 0.3 is 0 Å². The van der Waals surface area contributed by atoms with Gasteiger partial charge in [-0.1, -0.05) is 19.0 Å². The fourth-order valence-electron chi connectivity index (χ4n) is 8.11. The number of hydrogen-bond donors (Lipinski definition) is 0. The zero-order valence-electron chi connectivity index (χ0n) is 15.6. The summed E-state index contributed by atoms with van der Waals surface area (Å²) in [6, 6.07) is -0.0366. The molecular weight excluding hydrogens is 301 g/mol. The molecule has 4 rings (SSSR count). The number of nitroso groups, excluding NO2 is 1. The maximum Gasteiger partial charge on any atom is 0.100 e. The monoisotopic (exact) mass is 335 g/mol. The quantitative estimate of drug-likeness (QED) is 0.557. The molecule has 0 aromatic heterocycles. The number of hydrogen-bond acceptors (Lipinski definition) is 2. The van der Waals surface area contributed by atoms with Crippen LogP contribution in [0.4, 0.5) is 4.39 Å². The van der Waals surface area contributed by atoms with Crippen molar-refractivity contribution in [3.63, 3.8) is 0 Å². The molecule has 0 heterocycles. The summed E-state index contributed by atoms with van der Waals surface area (Å²) in [6.45, 7) is 6.98. The van der Waals surface area contributed by atoms with Crippen molar-refractivity contribution in [1.29, 1.82) is 0 Å². The van der Waals surface area contributed by atoms with Crippen LogP contribution in [0.2, 0.25) is 0 Å². The normalized spacial score (nSPS) is 55.2. The molecule has 136 valence electrons. The fourth-order valence-corrected chi connectivity index (χ4v) is 8.11. The summed E-state index contributed by atoms with van der Waals surface area (Å²) >= 11 is 0. The number of nitrogens with zero attached hydrogens (tertiary/aromatic N) is 1. The Balaban J connectivity index is 1.60. The highest BCUT2D eigenvalue weighted by molar-refractivity contribution is 5.10. The van der Waals surface area contributed by atoms with E-state index in [2.05, 4.69) is 19.0 Å². The number of fused-ring (bicyclic) bond motifs is 5. The largest absolute Gasteiger partial charge is 0.247 e. The second kappa shape index (κ2) is 5.77. The highest BCUT2D eigenvalue weighted by atomic mass is 19.1. The van der Waals surface area contributed by atoms with Crippen LogP contribution in [0, 0.1) is 45.3 Å². The van der Waals surface area contributed by atoms with E-state index in [1.54, 1.807) is 0 Å². The average Bonchev–Trinajstić information content (AvgIpc) is 2.92. The van der Waals surface area contributed by atoms with Crippen molar-refractivity contribution in [2.45, 2.75) is 90.8 Å². The summed E-state index contributed by atoms with van der Waals surface area (Å²) < 4.78 is 14.0. The van der Waals surface area contributed by atoms with E-state index < -0.39 is 6.17 Å². The molecule has 3 heteroatoms. The van der Waals surface area contributed by atoms with E-state index in [1.807, 2.05) is 6.92 Å². The van der Waals surface area contributed by atoms with Gasteiger partial charge in [0.1, 0.15) is 6.17 Å². The molecule has 4 aliphatic rings. The topological polar surface area (TPSA) is 29.4 Å². The zero-order valence-corrected chi connectivity index (χ0v) is 15.6. The minimum atomic E-state index is -0.552. The molecule has 0 saturated heterocycles. The first-order chi connectivity index (χ1) is 11.4. The Hall–Kier alpha value is -0.470. The lowest BCUT2D eigenvalue weighted by molar-refractivity contribution is -0.120. The second-order valence-electron chi connectivity index (χ2n) is 10.1. The summed E-state index contributed by atoms with van der Waals surface area (Å²) in [5.41, 5.74) is 0.689. The molecule has 0 aromatic carbocycles. The molecule has 1 unspecified atom stereocenters. The number of alkyl halides is 1. The van der Waals surface area contributed by atoms with Crippen LogP contribution in [0.5, 0.6) is 0 Å². The average molecular weight is 336 g/mol. The van der Waals surface area contributed by atoms with Gasteiger partial charge in [-0.15, -0.1) is 0 Å². The van der Waals surface area contributed by atoms with E-state index in [0.29, 0.717) is 22.7 Å². The first kappa shape index (κ1) is 17.0. The van der Waals surface area contributed by atoms with Gasteiger partial charge in [0.2, 0.25) is 0 Å². The molecule has 0 spiro atoms. The van der Waals surface area contributed by atoms with Crippen molar-refractivity contribution in [3.05, 3.63) is 4.91 Å². The SMILES string of the molecule is CC(N=O)[C@H]1CC[C@H]2[C@@H]3CC[C@H]4C[C@@H](F)CC[C@]4(C)[C@H]3CC[C@]12C. The molecule has 0 aromatic rings. The third-order valence-electron chi connectivity index (χ3n) is 9.42. The predicted molar refractivity (Wildman–Crippen MR) is 95.4 cm³/mol. The molecular formula is C21H34FNO. The first-order valence-electron chi connectivity index (χ1n) is 10.4. The summed E-state index contributed by atoms with van der Waals surface area (Å²) in [5, 5.41) is 3.41. The molecule has 0 amide bonds. The van der Waals surface area contributed by atoms with Gasteiger partial charge in [-0.3, -0.25) is 0 Å². The van der Waals surface area contributed by atoms with Gasteiger partial charge in [-0.05, 0) is 105 Å². The molecule has 4 aliphatic carbocycles. The minimum Gasteiger partial charge on any atom is -0.247 e. The summed E-state index contributed by atoms with van der Waals surface area (Å²) in [4.78, 5) is 11.2. The molecule has 0 N–H and O–H groups in total. The van der Waals surface area contributed by atoms with Gasteiger partial charge in [-0.25, -0.2) is 4.39 Å². The van der Waals surface area contributed by atoms with E-state index in [9.17, 15) is 9.30 Å². The summed E-state index contributed by atoms with van der Waals surface area (Å²) in [5.74, 6) is 3.46. The lowest BCUT2D eigenvalue weighted by Gasteiger charge is -2.61. The van der Waals surface area contributed by atoms with E-state index >= 15 is 0 Å². The van der Waals surface area contributed by atoms with Crippen LogP contribution in [0.25, 0.3) is 0 Å². The molecule has 4 fully saturated rings. The Kier molecular flexibility index (Phi) is 4.08. The molecule has 4 saturated carbocycles. The molecule has 0 bridgehead atoms. The van der Waals surface area contributed by atoms with E-state index in [1.165, 1.54) is 38.5 Å². The summed E-state index contributed by atoms with van der Waals surface area (Å²) in [6.07, 6.45) is 9.70. The lowest BCUT2D eigenvalue weighted by atomic mass is 9.44. The Morgan fingerprint density at radius 3 is 2.42 bits per heavy atom. The van der Waals surface area contributed by atoms with Crippen molar-refractivity contribution in [3.8, 4) is 0 Å². The van der Waals surface area contributed by atoms with Crippen LogP contribution in [-0.2, 0) is 0 Å². The van der Waals surface area contributed by atoms with E-state index in [0.717, 1.165) is 37.0 Å². The van der Waals surface area contributed by atoms with Gasteiger partial charge in [0.25, 0.3) is 0 Å². The molecule has 0 aliphatic heterocycles. The highest BCUT2D eigenvalue weighted by Crippen LogP contribution is 2.68. The zero-order chi connectivity index (χ0) is 17.1. The Labute approximate surface area is 146 Å². The molecule has 2 nitrogen and oxygen atoms in total. The summed E-state index contributed by atoms with van der Waals surface area (Å²) in [7, 11) is 0. The van der Waals surface area contributed by atoms with E-state index in [4.69, 9.17) is 0 Å². The van der Waals surface area contributed by atoms with Crippen molar-refractivity contribution < 1.29 is 4.39 Å². The Morgan fingerprint density at radius 2 is 1.67 bits per heavy atom. The lowest BCUT2D eigenvalue weighted by Crippen LogP contribution is -2.54. The van der Waals surface area contributed by atoms with Gasteiger partial charge in [0.15, 0.2) is 0 Å². The van der Waals surface area contributed by atoms with Crippen LogP contribution in [0.1, 0.15) is 78.6 Å². The van der Waals surface area contributed by atoms with Crippen LogP contribution in [0.15, 0.2) is 5.18 Å². The van der Waals surface area contributed by atoms with Gasteiger partial charge in [0.05, 0.1) is 6.04 Å². The third kappa shape index (κ3) is 2.25. The first-order valence-corrected chi connectivity index (χ1v) is 10.4. The van der Waals surface area contributed by atoms with Gasteiger partial charge in [-0.2, -0.15) is 4.91 Å². The Bertz CT molecular complexity index is 510. The van der Waals surface area contributed by atoms with Crippen molar-refractivity contribution in [2.24, 2.45) is 45.6 Å². The Morgan fingerprint density at radius 1 is 0.958 bits per heavy atom. The maximum absolute atomic E-state index is 14.0. The minimum absolute atomic E-state index is 0.0366. The van der Waals surface area contributed by atoms with Crippen LogP contribution in [0.3, 0.4) is 0 Å². The number of rotatable bonds is 2. The molecule has 0 radical (unpaired) electrons. The van der Waals surface area contributed by atoms with Gasteiger partial charge in [0, 0.05) is 0 Å². The van der Waals surface area contributed by atoms with Crippen molar-refractivity contribution >= 4 is 0 Å². The fraction of sp³-hybridized carbons (Fsp3) is 1.00. The second-order valence-corrected chi connectivity index (χ2v) is 10.1. The molecule has 24 heavy (non-hydrogen) atoms. The maximum atomic E-state index is 14.0. The van der Waals surface area contributed by atoms with Crippen molar-refractivity contribution in [1.82, 2.24) is 0 Å². The predicted octanol–water partition coefficient (Wildman–Crippen LogP) is 6.14. The van der Waals surface area contributed by atoms with Crippen molar-refractivity contribution in [2.75, 3.05) is 0 Å². The molecule has 9 atom stereocenters. The standard InChI is InChI=1S/C21H34FNO/c1-13(23-24)17-6-7-18-16-5-4-14-12-15(22)8-10-20(14,2)19(16)9-11-21(17,18)3/h13-19H,4-12H2,1-3H3/t13?,14-,15-,16-,17+,18-,19-,20-,21+/m0/s1. The smallest absolute Gasteiger partial charge is 0.100 e. The number of halogens is 1. The van der Waals surface area contributed by atoms with Gasteiger partial charge < -0.3 is 0 Å².